The zero-order valence-electron chi connectivity index (χ0n) is 10.6. The molecule has 6 heteroatoms. The van der Waals surface area contributed by atoms with E-state index in [-0.39, 0.29) is 18.1 Å². The fraction of sp³-hybridized carbons (Fsp3) is 0.909. The van der Waals surface area contributed by atoms with E-state index in [1.165, 1.54) is 0 Å². The molecule has 1 aliphatic rings. The first-order valence-corrected chi connectivity index (χ1v) is 5.91. The minimum absolute atomic E-state index is 0.248. The molecule has 0 spiro atoms. The lowest BCUT2D eigenvalue weighted by molar-refractivity contribution is -0.159. The maximum absolute atomic E-state index is 11.8. The second-order valence-corrected chi connectivity index (χ2v) is 5.29. The summed E-state index contributed by atoms with van der Waals surface area (Å²) in [6, 6.07) is -0.263. The highest BCUT2D eigenvalue weighted by Crippen LogP contribution is 2.21. The molecular formula is C11H20N4O2. The third-order valence-electron chi connectivity index (χ3n) is 2.72. The molecule has 96 valence electrons. The normalized spacial score (nSPS) is 25.6. The van der Waals surface area contributed by atoms with Gasteiger partial charge in [-0.15, -0.1) is 0 Å². The highest BCUT2D eigenvalue weighted by Gasteiger charge is 2.30. The highest BCUT2D eigenvalue weighted by atomic mass is 16.5. The van der Waals surface area contributed by atoms with Gasteiger partial charge in [-0.2, -0.15) is 0 Å². The van der Waals surface area contributed by atoms with E-state index in [2.05, 4.69) is 15.3 Å². The van der Waals surface area contributed by atoms with Crippen LogP contribution in [0.5, 0.6) is 0 Å². The van der Waals surface area contributed by atoms with E-state index in [4.69, 9.17) is 10.3 Å². The number of ether oxygens (including phenoxy) is 1. The Bertz CT molecular complexity index is 318. The third-order valence-corrected chi connectivity index (χ3v) is 2.72. The number of hydrogen-bond acceptors (Lipinski definition) is 4. The smallest absolute Gasteiger partial charge is 0.311 e. The van der Waals surface area contributed by atoms with Crippen molar-refractivity contribution in [3.05, 3.63) is 10.4 Å². The second-order valence-electron chi connectivity index (χ2n) is 5.29. The van der Waals surface area contributed by atoms with Crippen LogP contribution < -0.4 is 5.32 Å². The van der Waals surface area contributed by atoms with E-state index < -0.39 is 5.41 Å². The molecule has 0 aromatic heterocycles. The minimum atomic E-state index is -0.527. The van der Waals surface area contributed by atoms with Crippen molar-refractivity contribution in [1.29, 1.82) is 0 Å². The lowest BCUT2D eigenvalue weighted by Crippen LogP contribution is -2.34. The summed E-state index contributed by atoms with van der Waals surface area (Å²) in [5, 5.41) is 6.93. The van der Waals surface area contributed by atoms with E-state index in [1.54, 1.807) is 0 Å². The number of carbonyl (C=O) groups is 1. The van der Waals surface area contributed by atoms with Crippen molar-refractivity contribution in [2.75, 3.05) is 13.1 Å². The molecule has 17 heavy (non-hydrogen) atoms. The first-order chi connectivity index (χ1) is 7.95. The molecule has 1 fully saturated rings. The molecule has 0 radical (unpaired) electrons. The summed E-state index contributed by atoms with van der Waals surface area (Å²) in [6.45, 7) is 7.00. The molecule has 1 heterocycles. The molecule has 0 aromatic rings. The largest absolute Gasteiger partial charge is 0.461 e. The molecule has 0 saturated carbocycles. The molecule has 6 nitrogen and oxygen atoms in total. The third kappa shape index (κ3) is 4.24. The lowest BCUT2D eigenvalue weighted by atomic mass is 9.97. The van der Waals surface area contributed by atoms with Gasteiger partial charge in [-0.3, -0.25) is 4.79 Å². The van der Waals surface area contributed by atoms with Gasteiger partial charge in [0.05, 0.1) is 11.5 Å². The van der Waals surface area contributed by atoms with Gasteiger partial charge in [0, 0.05) is 4.91 Å². The number of rotatable bonds is 2. The van der Waals surface area contributed by atoms with Crippen molar-refractivity contribution in [2.45, 2.75) is 45.8 Å². The number of hydrogen-bond donors (Lipinski definition) is 1. The number of azide groups is 1. The Hall–Kier alpha value is -1.26. The van der Waals surface area contributed by atoms with Crippen molar-refractivity contribution in [1.82, 2.24) is 5.32 Å². The summed E-state index contributed by atoms with van der Waals surface area (Å²) in [7, 11) is 0. The topological polar surface area (TPSA) is 87.1 Å². The van der Waals surface area contributed by atoms with Crippen LogP contribution in [0.2, 0.25) is 0 Å². The van der Waals surface area contributed by atoms with E-state index in [9.17, 15) is 4.79 Å². The van der Waals surface area contributed by atoms with Crippen LogP contribution in [-0.2, 0) is 9.53 Å². The van der Waals surface area contributed by atoms with Gasteiger partial charge in [0.15, 0.2) is 0 Å². The summed E-state index contributed by atoms with van der Waals surface area (Å²) < 4.78 is 5.46. The van der Waals surface area contributed by atoms with Crippen LogP contribution in [0.25, 0.3) is 10.4 Å². The van der Waals surface area contributed by atoms with Gasteiger partial charge in [0.2, 0.25) is 0 Å². The molecule has 2 unspecified atom stereocenters. The summed E-state index contributed by atoms with van der Waals surface area (Å²) in [6.07, 6.45) is 1.07. The monoisotopic (exact) mass is 240 g/mol. The fourth-order valence-electron chi connectivity index (χ4n) is 1.65. The van der Waals surface area contributed by atoms with Gasteiger partial charge in [-0.25, -0.2) is 0 Å². The Morgan fingerprint density at radius 2 is 2.06 bits per heavy atom. The molecule has 1 aliphatic heterocycles. The maximum Gasteiger partial charge on any atom is 0.311 e. The van der Waals surface area contributed by atoms with Crippen molar-refractivity contribution in [3.8, 4) is 0 Å². The number of carbonyl (C=O) groups excluding carboxylic acids is 1. The zero-order valence-corrected chi connectivity index (χ0v) is 10.6. The number of nitrogens with zero attached hydrogens (tertiary/aromatic N) is 3. The SMILES string of the molecule is CC(C)(C)C(=O)OC1CCNCCC1N=[N+]=[N-]. The number of esters is 1. The van der Waals surface area contributed by atoms with E-state index in [0.29, 0.717) is 12.8 Å². The predicted octanol–water partition coefficient (Wildman–Crippen LogP) is 2.01. The standard InChI is InChI=1S/C11H20N4O2/c1-11(2,3)10(16)17-9-5-7-13-6-4-8(9)14-15-12/h8-9,13H,4-7H2,1-3H3. The van der Waals surface area contributed by atoms with Gasteiger partial charge in [-0.05, 0) is 52.2 Å². The molecule has 2 atom stereocenters. The molecule has 0 amide bonds. The van der Waals surface area contributed by atoms with Gasteiger partial charge < -0.3 is 10.1 Å². The second kappa shape index (κ2) is 5.89. The zero-order chi connectivity index (χ0) is 12.9. The van der Waals surface area contributed by atoms with Crippen molar-refractivity contribution in [3.63, 3.8) is 0 Å². The van der Waals surface area contributed by atoms with Crippen LogP contribution in [0.15, 0.2) is 5.11 Å². The number of nitrogens with one attached hydrogen (secondary N) is 1. The van der Waals surface area contributed by atoms with Crippen LogP contribution in [-0.4, -0.2) is 31.2 Å². The Labute approximate surface area is 101 Å². The Morgan fingerprint density at radius 3 is 2.65 bits per heavy atom. The van der Waals surface area contributed by atoms with Crippen LogP contribution in [0.4, 0.5) is 0 Å². The van der Waals surface area contributed by atoms with E-state index >= 15 is 0 Å². The maximum atomic E-state index is 11.8. The molecular weight excluding hydrogens is 220 g/mol. The predicted molar refractivity (Wildman–Crippen MR) is 64.4 cm³/mol. The quantitative estimate of drug-likeness (QED) is 0.346. The van der Waals surface area contributed by atoms with Crippen molar-refractivity contribution < 1.29 is 9.53 Å². The summed E-state index contributed by atoms with van der Waals surface area (Å²) >= 11 is 0. The summed E-state index contributed by atoms with van der Waals surface area (Å²) in [5.41, 5.74) is 7.99. The fourth-order valence-corrected chi connectivity index (χ4v) is 1.65. The van der Waals surface area contributed by atoms with Crippen molar-refractivity contribution in [2.24, 2.45) is 10.5 Å². The Kier molecular flexibility index (Phi) is 4.78. The van der Waals surface area contributed by atoms with Crippen molar-refractivity contribution >= 4 is 5.97 Å². The lowest BCUT2D eigenvalue weighted by Gasteiger charge is -2.25. The summed E-state index contributed by atoms with van der Waals surface area (Å²) in [5.74, 6) is -0.248. The minimum Gasteiger partial charge on any atom is -0.461 e. The van der Waals surface area contributed by atoms with Crippen LogP contribution in [0.3, 0.4) is 0 Å². The molecule has 1 saturated heterocycles. The van der Waals surface area contributed by atoms with E-state index in [0.717, 1.165) is 13.1 Å². The molecule has 0 aromatic carbocycles. The van der Waals surface area contributed by atoms with Gasteiger partial charge in [0.25, 0.3) is 0 Å². The average molecular weight is 240 g/mol. The van der Waals surface area contributed by atoms with Gasteiger partial charge in [-0.1, -0.05) is 5.11 Å². The van der Waals surface area contributed by atoms with Gasteiger partial charge in [0.1, 0.15) is 6.10 Å². The first-order valence-electron chi connectivity index (χ1n) is 5.91. The Balaban J connectivity index is 2.70. The molecule has 1 N–H and O–H groups in total. The van der Waals surface area contributed by atoms with Crippen LogP contribution in [0, 0.1) is 5.41 Å². The first kappa shape index (κ1) is 13.8. The average Bonchev–Trinajstić information content (AvgIpc) is 2.44. The van der Waals surface area contributed by atoms with Crippen LogP contribution >= 0.6 is 0 Å². The van der Waals surface area contributed by atoms with Crippen LogP contribution in [0.1, 0.15) is 33.6 Å². The summed E-state index contributed by atoms with van der Waals surface area (Å²) in [4.78, 5) is 14.6. The Morgan fingerprint density at radius 1 is 1.41 bits per heavy atom. The van der Waals surface area contributed by atoms with E-state index in [1.807, 2.05) is 20.8 Å². The molecule has 1 rings (SSSR count). The highest BCUT2D eigenvalue weighted by molar-refractivity contribution is 5.75. The molecule has 0 bridgehead atoms. The molecule has 0 aliphatic carbocycles. The van der Waals surface area contributed by atoms with Gasteiger partial charge >= 0.3 is 5.97 Å².